The molecule has 2 rings (SSSR count). The van der Waals surface area contributed by atoms with Crippen LogP contribution in [-0.4, -0.2) is 34.0 Å². The van der Waals surface area contributed by atoms with Crippen molar-refractivity contribution in [2.24, 2.45) is 5.41 Å². The second-order valence-electron chi connectivity index (χ2n) is 7.54. The van der Waals surface area contributed by atoms with Crippen LogP contribution in [0, 0.1) is 5.41 Å². The summed E-state index contributed by atoms with van der Waals surface area (Å²) in [6.07, 6.45) is 0.0983. The summed E-state index contributed by atoms with van der Waals surface area (Å²) in [5.74, 6) is 0.693. The SMILES string of the molecule is C.CC(=O)C(C)(C)C(O)c1ccccc1.COC(O[SiH2]C)=C(C)C.O=Cc1ccccc1. The van der Waals surface area contributed by atoms with Gasteiger partial charge in [-0.05, 0) is 32.9 Å². The van der Waals surface area contributed by atoms with Crippen LogP contribution in [0.5, 0.6) is 0 Å². The number of ether oxygens (including phenoxy) is 1. The van der Waals surface area contributed by atoms with Crippen LogP contribution in [0.3, 0.4) is 0 Å². The monoisotopic (exact) mass is 460 g/mol. The summed E-state index contributed by atoms with van der Waals surface area (Å²) in [5, 5.41) is 10.00. The van der Waals surface area contributed by atoms with Gasteiger partial charge < -0.3 is 14.3 Å². The number of Topliss-reactive ketones (excluding diaryl/α,β-unsaturated/α-hetero) is 1. The fourth-order valence-corrected chi connectivity index (χ4v) is 2.98. The number of rotatable bonds is 7. The number of hydrogen-bond acceptors (Lipinski definition) is 5. The Morgan fingerprint density at radius 1 is 1.00 bits per heavy atom. The summed E-state index contributed by atoms with van der Waals surface area (Å²) in [6, 6.07) is 18.4. The third kappa shape index (κ3) is 11.6. The number of aldehydes is 1. The Kier molecular flexibility index (Phi) is 16.7. The quantitative estimate of drug-likeness (QED) is 0.335. The molecular weight excluding hydrogens is 420 g/mol. The van der Waals surface area contributed by atoms with Gasteiger partial charge in [-0.15, -0.1) is 0 Å². The van der Waals surface area contributed by atoms with E-state index in [1.807, 2.05) is 62.4 Å². The maximum absolute atomic E-state index is 11.3. The lowest BCUT2D eigenvalue weighted by molar-refractivity contribution is -0.131. The zero-order valence-electron chi connectivity index (χ0n) is 19.7. The Bertz CT molecular complexity index is 797. The molecule has 0 fully saturated rings. The molecule has 0 spiro atoms. The molecule has 0 heterocycles. The number of allylic oxidation sites excluding steroid dienone is 1. The fourth-order valence-electron chi connectivity index (χ4n) is 2.31. The molecule has 0 bridgehead atoms. The molecule has 1 N–H and O–H groups in total. The van der Waals surface area contributed by atoms with E-state index in [0.29, 0.717) is 5.95 Å². The van der Waals surface area contributed by atoms with Crippen LogP contribution in [0.25, 0.3) is 0 Å². The molecule has 2 aromatic carbocycles. The molecule has 6 heteroatoms. The van der Waals surface area contributed by atoms with Gasteiger partial charge in [0, 0.05) is 11.1 Å². The predicted molar refractivity (Wildman–Crippen MR) is 135 cm³/mol. The van der Waals surface area contributed by atoms with Crippen molar-refractivity contribution in [3.63, 3.8) is 0 Å². The van der Waals surface area contributed by atoms with Crippen LogP contribution in [0.1, 0.15) is 64.1 Å². The molecular formula is C26H40O5Si. The van der Waals surface area contributed by atoms with Crippen LogP contribution in [0.15, 0.2) is 72.2 Å². The first kappa shape index (κ1) is 31.5. The highest BCUT2D eigenvalue weighted by Crippen LogP contribution is 2.33. The third-order valence-corrected chi connectivity index (χ3v) is 5.06. The first-order valence-electron chi connectivity index (χ1n) is 10.2. The van der Waals surface area contributed by atoms with Crippen molar-refractivity contribution in [2.45, 2.75) is 54.7 Å². The average molecular weight is 461 g/mol. The number of carbonyl (C=O) groups is 2. The van der Waals surface area contributed by atoms with Crippen LogP contribution >= 0.6 is 0 Å². The molecule has 32 heavy (non-hydrogen) atoms. The summed E-state index contributed by atoms with van der Waals surface area (Å²) in [7, 11) is 1.26. The Morgan fingerprint density at radius 3 is 1.75 bits per heavy atom. The minimum atomic E-state index is -0.735. The Morgan fingerprint density at radius 2 is 1.47 bits per heavy atom. The van der Waals surface area contributed by atoms with Gasteiger partial charge in [0.15, 0.2) is 0 Å². The maximum Gasteiger partial charge on any atom is 0.263 e. The van der Waals surface area contributed by atoms with Crippen LogP contribution in [0.4, 0.5) is 0 Å². The van der Waals surface area contributed by atoms with Gasteiger partial charge in [-0.3, -0.25) is 9.59 Å². The van der Waals surface area contributed by atoms with Crippen molar-refractivity contribution in [1.29, 1.82) is 0 Å². The molecule has 0 saturated carbocycles. The molecule has 1 unspecified atom stereocenters. The van der Waals surface area contributed by atoms with Gasteiger partial charge in [-0.2, -0.15) is 0 Å². The lowest BCUT2D eigenvalue weighted by Gasteiger charge is -2.27. The molecule has 178 valence electrons. The van der Waals surface area contributed by atoms with E-state index >= 15 is 0 Å². The number of methoxy groups -OCH3 is 1. The third-order valence-electron chi connectivity index (χ3n) is 4.51. The topological polar surface area (TPSA) is 72.8 Å². The minimum absolute atomic E-state index is 0. The molecule has 0 aliphatic carbocycles. The standard InChI is InChI=1S/C12H16O2.C7H6O.C6H14O2Si.CH4/c1-9(13)12(2,3)11(14)10-7-5-4-6-8-10;8-6-7-4-2-1-3-5-7;1-5(2)6(7-3)8-9-4;/h4-8,11,14H,1-3H3;1-6H;9H2,1-4H3;1H4. The Balaban J connectivity index is 0. The molecule has 0 aliphatic heterocycles. The van der Waals surface area contributed by atoms with E-state index in [9.17, 15) is 14.7 Å². The van der Waals surface area contributed by atoms with Crippen LogP contribution in [-0.2, 0) is 14.0 Å². The van der Waals surface area contributed by atoms with E-state index in [0.717, 1.165) is 23.0 Å². The van der Waals surface area contributed by atoms with Crippen molar-refractivity contribution in [3.8, 4) is 0 Å². The number of ketones is 1. The Labute approximate surface area is 196 Å². The van der Waals surface area contributed by atoms with E-state index < -0.39 is 11.5 Å². The smallest absolute Gasteiger partial charge is 0.263 e. The first-order chi connectivity index (χ1) is 14.6. The van der Waals surface area contributed by atoms with Crippen molar-refractivity contribution >= 4 is 21.8 Å². The van der Waals surface area contributed by atoms with E-state index in [1.165, 1.54) is 6.92 Å². The maximum atomic E-state index is 11.3. The van der Waals surface area contributed by atoms with Crippen LogP contribution < -0.4 is 0 Å². The van der Waals surface area contributed by atoms with Gasteiger partial charge >= 0.3 is 0 Å². The van der Waals surface area contributed by atoms with Crippen molar-refractivity contribution in [2.75, 3.05) is 7.11 Å². The summed E-state index contributed by atoms with van der Waals surface area (Å²) < 4.78 is 10.2. The molecule has 0 radical (unpaired) electrons. The summed E-state index contributed by atoms with van der Waals surface area (Å²) >= 11 is 0. The van der Waals surface area contributed by atoms with Gasteiger partial charge in [0.1, 0.15) is 12.1 Å². The van der Waals surface area contributed by atoms with Gasteiger partial charge in [-0.25, -0.2) is 0 Å². The summed E-state index contributed by atoms with van der Waals surface area (Å²) in [6.45, 7) is 11.0. The lowest BCUT2D eigenvalue weighted by atomic mass is 9.79. The number of aliphatic hydroxyl groups excluding tert-OH is 1. The molecule has 0 aromatic heterocycles. The first-order valence-corrected chi connectivity index (χ1v) is 12.2. The normalized spacial score (nSPS) is 10.9. The number of carbonyl (C=O) groups excluding carboxylic acids is 2. The molecule has 1 atom stereocenters. The van der Waals surface area contributed by atoms with Gasteiger partial charge in [0.2, 0.25) is 9.76 Å². The highest BCUT2D eigenvalue weighted by Gasteiger charge is 2.33. The highest BCUT2D eigenvalue weighted by molar-refractivity contribution is 6.25. The van der Waals surface area contributed by atoms with Crippen molar-refractivity contribution in [3.05, 3.63) is 83.3 Å². The minimum Gasteiger partial charge on any atom is -0.525 e. The summed E-state index contributed by atoms with van der Waals surface area (Å²) in [4.78, 5) is 21.3. The van der Waals surface area contributed by atoms with E-state index in [4.69, 9.17) is 9.16 Å². The predicted octanol–water partition coefficient (Wildman–Crippen LogP) is 5.50. The highest BCUT2D eigenvalue weighted by atomic mass is 28.2. The molecule has 0 amide bonds. The summed E-state index contributed by atoms with van der Waals surface area (Å²) in [5.41, 5.74) is 1.90. The number of benzene rings is 2. The number of hydrogen-bond donors (Lipinski definition) is 1. The zero-order chi connectivity index (χ0) is 23.9. The second kappa shape index (κ2) is 16.9. The number of aliphatic hydroxyl groups is 1. The van der Waals surface area contributed by atoms with E-state index in [-0.39, 0.29) is 23.0 Å². The van der Waals surface area contributed by atoms with Gasteiger partial charge in [0.25, 0.3) is 5.95 Å². The molecule has 5 nitrogen and oxygen atoms in total. The van der Waals surface area contributed by atoms with E-state index in [1.54, 1.807) is 33.1 Å². The second-order valence-corrected chi connectivity index (χ2v) is 8.41. The fraction of sp³-hybridized carbons (Fsp3) is 0.385. The average Bonchev–Trinajstić information content (AvgIpc) is 2.78. The molecule has 0 saturated heterocycles. The van der Waals surface area contributed by atoms with Gasteiger partial charge in [-0.1, -0.05) is 81.9 Å². The largest absolute Gasteiger partial charge is 0.525 e. The van der Waals surface area contributed by atoms with Crippen molar-refractivity contribution in [1.82, 2.24) is 0 Å². The van der Waals surface area contributed by atoms with Crippen LogP contribution in [0.2, 0.25) is 6.55 Å². The lowest BCUT2D eigenvalue weighted by Crippen LogP contribution is -2.29. The molecule has 0 aliphatic rings. The van der Waals surface area contributed by atoms with Crippen molar-refractivity contribution < 1.29 is 23.9 Å². The Hall–Kier alpha value is -2.70. The molecule has 2 aromatic rings. The zero-order valence-corrected chi connectivity index (χ0v) is 21.1. The van der Waals surface area contributed by atoms with Gasteiger partial charge in [0.05, 0.1) is 18.6 Å². The van der Waals surface area contributed by atoms with E-state index in [2.05, 4.69) is 6.55 Å².